The minimum atomic E-state index is -0.845. The summed E-state index contributed by atoms with van der Waals surface area (Å²) in [7, 11) is 0. The molecule has 0 radical (unpaired) electrons. The summed E-state index contributed by atoms with van der Waals surface area (Å²) in [4.78, 5) is 12.7. The molecule has 0 aliphatic rings. The van der Waals surface area contributed by atoms with Crippen molar-refractivity contribution in [2.75, 3.05) is 13.1 Å². The van der Waals surface area contributed by atoms with Crippen LogP contribution in [0, 0.1) is 6.92 Å². The third kappa shape index (κ3) is 3.74. The lowest BCUT2D eigenvalue weighted by Gasteiger charge is -2.28. The smallest absolute Gasteiger partial charge is 0.317 e. The van der Waals surface area contributed by atoms with E-state index in [0.29, 0.717) is 6.54 Å². The van der Waals surface area contributed by atoms with Crippen LogP contribution in [-0.4, -0.2) is 34.2 Å². The molecular formula is C14H21NO3. The molecule has 0 spiro atoms. The molecule has 1 unspecified atom stereocenters. The number of nitrogens with zero attached hydrogens (tertiary/aromatic N) is 1. The van der Waals surface area contributed by atoms with Crippen LogP contribution < -0.4 is 0 Å². The second-order valence-corrected chi connectivity index (χ2v) is 4.60. The Balaban J connectivity index is 2.96. The molecule has 0 aliphatic carbocycles. The Bertz CT molecular complexity index is 418. The number of phenols is 1. The Labute approximate surface area is 108 Å². The van der Waals surface area contributed by atoms with Crippen LogP contribution >= 0.6 is 0 Å². The summed E-state index contributed by atoms with van der Waals surface area (Å²) in [5.74, 6) is -0.623. The second-order valence-electron chi connectivity index (χ2n) is 4.60. The molecule has 0 saturated heterocycles. The molecule has 0 aromatic heterocycles. The third-order valence-corrected chi connectivity index (χ3v) is 3.03. The van der Waals surface area contributed by atoms with E-state index in [9.17, 15) is 9.90 Å². The van der Waals surface area contributed by atoms with Gasteiger partial charge in [0.15, 0.2) is 0 Å². The zero-order valence-electron chi connectivity index (χ0n) is 11.2. The normalized spacial score (nSPS) is 12.7. The van der Waals surface area contributed by atoms with Gasteiger partial charge in [-0.15, -0.1) is 0 Å². The van der Waals surface area contributed by atoms with Gasteiger partial charge in [-0.3, -0.25) is 9.69 Å². The average Bonchev–Trinajstić information content (AvgIpc) is 2.30. The lowest BCUT2D eigenvalue weighted by atomic mass is 10.0. The molecule has 0 amide bonds. The summed E-state index contributed by atoms with van der Waals surface area (Å²) in [6, 6.07) is 5.30. The van der Waals surface area contributed by atoms with Gasteiger partial charge >= 0.3 is 5.97 Å². The van der Waals surface area contributed by atoms with E-state index in [2.05, 4.69) is 0 Å². The van der Waals surface area contributed by atoms with Crippen LogP contribution in [0.3, 0.4) is 0 Å². The molecule has 0 aliphatic heterocycles. The van der Waals surface area contributed by atoms with Crippen molar-refractivity contribution in [1.82, 2.24) is 4.90 Å². The fourth-order valence-corrected chi connectivity index (χ4v) is 2.08. The molecule has 1 atom stereocenters. The molecule has 0 saturated carbocycles. The van der Waals surface area contributed by atoms with Gasteiger partial charge in [0.1, 0.15) is 5.75 Å². The Kier molecular flexibility index (Phi) is 5.16. The lowest BCUT2D eigenvalue weighted by Crippen LogP contribution is -2.33. The predicted molar refractivity (Wildman–Crippen MR) is 70.8 cm³/mol. The Morgan fingerprint density at radius 1 is 1.44 bits per heavy atom. The van der Waals surface area contributed by atoms with Crippen molar-refractivity contribution in [1.29, 1.82) is 0 Å². The molecule has 1 aromatic rings. The first-order valence-electron chi connectivity index (χ1n) is 6.21. The number of phenolic OH excluding ortho intramolecular Hbond substituents is 1. The molecule has 0 bridgehead atoms. The number of aliphatic carboxylic acids is 1. The van der Waals surface area contributed by atoms with Gasteiger partial charge in [-0.25, -0.2) is 0 Å². The van der Waals surface area contributed by atoms with Crippen LogP contribution in [-0.2, 0) is 4.79 Å². The summed E-state index contributed by atoms with van der Waals surface area (Å²) in [6.45, 7) is 6.57. The number of carbonyl (C=O) groups is 1. The predicted octanol–water partition coefficient (Wildman–Crippen LogP) is 2.56. The molecule has 18 heavy (non-hydrogen) atoms. The highest BCUT2D eigenvalue weighted by atomic mass is 16.4. The molecule has 100 valence electrons. The minimum absolute atomic E-state index is 0.0115. The highest BCUT2D eigenvalue weighted by Crippen LogP contribution is 2.29. The van der Waals surface area contributed by atoms with Gasteiger partial charge in [-0.1, -0.05) is 24.6 Å². The first-order chi connectivity index (χ1) is 8.45. The van der Waals surface area contributed by atoms with E-state index in [1.807, 2.05) is 37.8 Å². The highest BCUT2D eigenvalue weighted by molar-refractivity contribution is 5.69. The molecule has 4 heteroatoms. The first kappa shape index (κ1) is 14.5. The fraction of sp³-hybridized carbons (Fsp3) is 0.500. The van der Waals surface area contributed by atoms with Crippen molar-refractivity contribution in [2.45, 2.75) is 33.2 Å². The van der Waals surface area contributed by atoms with E-state index in [0.717, 1.165) is 17.5 Å². The van der Waals surface area contributed by atoms with E-state index >= 15 is 0 Å². The van der Waals surface area contributed by atoms with Crippen LogP contribution in [0.1, 0.15) is 37.4 Å². The van der Waals surface area contributed by atoms with E-state index < -0.39 is 5.97 Å². The van der Waals surface area contributed by atoms with Crippen molar-refractivity contribution in [3.8, 4) is 5.75 Å². The molecule has 0 heterocycles. The molecule has 1 aromatic carbocycles. The van der Waals surface area contributed by atoms with E-state index in [4.69, 9.17) is 5.11 Å². The summed E-state index contributed by atoms with van der Waals surface area (Å²) in [5.41, 5.74) is 1.84. The van der Waals surface area contributed by atoms with Crippen molar-refractivity contribution in [3.63, 3.8) is 0 Å². The van der Waals surface area contributed by atoms with Crippen molar-refractivity contribution in [3.05, 3.63) is 29.3 Å². The number of hydrogen-bond donors (Lipinski definition) is 2. The quantitative estimate of drug-likeness (QED) is 0.815. The van der Waals surface area contributed by atoms with E-state index in [1.54, 1.807) is 6.07 Å². The topological polar surface area (TPSA) is 60.8 Å². The summed E-state index contributed by atoms with van der Waals surface area (Å²) < 4.78 is 0. The van der Waals surface area contributed by atoms with Crippen molar-refractivity contribution in [2.24, 2.45) is 0 Å². The average molecular weight is 251 g/mol. The monoisotopic (exact) mass is 251 g/mol. The molecule has 1 rings (SSSR count). The third-order valence-electron chi connectivity index (χ3n) is 3.03. The molecule has 2 N–H and O–H groups in total. The maximum atomic E-state index is 10.9. The van der Waals surface area contributed by atoms with Crippen LogP contribution in [0.15, 0.2) is 18.2 Å². The van der Waals surface area contributed by atoms with Gasteiger partial charge in [0.2, 0.25) is 0 Å². The summed E-state index contributed by atoms with van der Waals surface area (Å²) in [5, 5.41) is 18.8. The maximum absolute atomic E-state index is 10.9. The second kappa shape index (κ2) is 6.40. The molecular weight excluding hydrogens is 230 g/mol. The maximum Gasteiger partial charge on any atom is 0.317 e. The van der Waals surface area contributed by atoms with Crippen LogP contribution in [0.4, 0.5) is 0 Å². The number of aromatic hydroxyl groups is 1. The standard InChI is InChI=1S/C14H21NO3/c1-4-7-15(9-14(17)18)11(3)12-8-10(2)5-6-13(12)16/h5-6,8,11,16H,4,7,9H2,1-3H3,(H,17,18). The number of carboxylic acids is 1. The van der Waals surface area contributed by atoms with Gasteiger partial charge in [-0.2, -0.15) is 0 Å². The fourth-order valence-electron chi connectivity index (χ4n) is 2.08. The van der Waals surface area contributed by atoms with Gasteiger partial charge in [0, 0.05) is 11.6 Å². The minimum Gasteiger partial charge on any atom is -0.508 e. The number of rotatable bonds is 6. The van der Waals surface area contributed by atoms with Gasteiger partial charge < -0.3 is 10.2 Å². The summed E-state index contributed by atoms with van der Waals surface area (Å²) in [6.07, 6.45) is 0.879. The van der Waals surface area contributed by atoms with Gasteiger partial charge in [0.25, 0.3) is 0 Å². The van der Waals surface area contributed by atoms with Crippen LogP contribution in [0.5, 0.6) is 5.75 Å². The Hall–Kier alpha value is -1.55. The zero-order chi connectivity index (χ0) is 13.7. The van der Waals surface area contributed by atoms with Crippen molar-refractivity contribution < 1.29 is 15.0 Å². The van der Waals surface area contributed by atoms with Crippen LogP contribution in [0.25, 0.3) is 0 Å². The number of carboxylic acid groups (broad SMARTS) is 1. The summed E-state index contributed by atoms with van der Waals surface area (Å²) >= 11 is 0. The van der Waals surface area contributed by atoms with E-state index in [-0.39, 0.29) is 18.3 Å². The van der Waals surface area contributed by atoms with Crippen LogP contribution in [0.2, 0.25) is 0 Å². The van der Waals surface area contributed by atoms with E-state index in [1.165, 1.54) is 0 Å². The number of aryl methyl sites for hydroxylation is 1. The van der Waals surface area contributed by atoms with Crippen molar-refractivity contribution >= 4 is 5.97 Å². The largest absolute Gasteiger partial charge is 0.508 e. The first-order valence-corrected chi connectivity index (χ1v) is 6.21. The van der Waals surface area contributed by atoms with Gasteiger partial charge in [0.05, 0.1) is 6.54 Å². The highest BCUT2D eigenvalue weighted by Gasteiger charge is 2.20. The number of benzene rings is 1. The molecule has 4 nitrogen and oxygen atoms in total. The lowest BCUT2D eigenvalue weighted by molar-refractivity contribution is -0.138. The Morgan fingerprint density at radius 3 is 2.67 bits per heavy atom. The van der Waals surface area contributed by atoms with Gasteiger partial charge in [-0.05, 0) is 32.9 Å². The SMILES string of the molecule is CCCN(CC(=O)O)C(C)c1cc(C)ccc1O. The number of hydrogen-bond acceptors (Lipinski definition) is 3. The molecule has 0 fully saturated rings. The zero-order valence-corrected chi connectivity index (χ0v) is 11.2. The Morgan fingerprint density at radius 2 is 2.11 bits per heavy atom.